The lowest BCUT2D eigenvalue weighted by Gasteiger charge is -2.55. The van der Waals surface area contributed by atoms with Gasteiger partial charge in [-0.2, -0.15) is 13.8 Å². The molecule has 2 N–H and O–H groups in total. The molecule has 2 atom stereocenters. The SMILES string of the molecule is Nc1ncc(-c2cc(N3CC4OC[C@H]43)nc(N3CCC(F)(F)C3)n2)cc1OC(F)F. The highest BCUT2D eigenvalue weighted by Crippen LogP contribution is 2.38. The van der Waals surface area contributed by atoms with Crippen LogP contribution in [0.15, 0.2) is 18.3 Å². The zero-order valence-electron chi connectivity index (χ0n) is 15.6. The number of hydrogen-bond donors (Lipinski definition) is 1. The molecule has 5 rings (SSSR count). The van der Waals surface area contributed by atoms with Gasteiger partial charge in [0, 0.05) is 37.3 Å². The Labute approximate surface area is 168 Å². The normalized spacial score (nSPS) is 24.4. The molecule has 160 valence electrons. The van der Waals surface area contributed by atoms with Crippen molar-refractivity contribution in [2.24, 2.45) is 0 Å². The van der Waals surface area contributed by atoms with Gasteiger partial charge in [0.05, 0.1) is 31.0 Å². The molecule has 8 nitrogen and oxygen atoms in total. The summed E-state index contributed by atoms with van der Waals surface area (Å²) in [6, 6.07) is 3.16. The van der Waals surface area contributed by atoms with E-state index in [1.165, 1.54) is 17.2 Å². The van der Waals surface area contributed by atoms with Gasteiger partial charge in [0.25, 0.3) is 5.92 Å². The summed E-state index contributed by atoms with van der Waals surface area (Å²) < 4.78 is 62.6. The number of nitrogens with zero attached hydrogens (tertiary/aromatic N) is 5. The molecule has 2 aromatic heterocycles. The van der Waals surface area contributed by atoms with Crippen LogP contribution in [0, 0.1) is 0 Å². The molecule has 3 aliphatic rings. The Kier molecular flexibility index (Phi) is 4.34. The highest BCUT2D eigenvalue weighted by atomic mass is 19.3. The molecule has 0 spiro atoms. The molecule has 3 saturated heterocycles. The van der Waals surface area contributed by atoms with Crippen molar-refractivity contribution >= 4 is 17.6 Å². The number of morpholine rings is 1. The molecular weight excluding hydrogens is 408 g/mol. The van der Waals surface area contributed by atoms with Crippen molar-refractivity contribution in [3.8, 4) is 17.0 Å². The number of hydrogen-bond acceptors (Lipinski definition) is 8. The van der Waals surface area contributed by atoms with Gasteiger partial charge in [-0.25, -0.2) is 18.7 Å². The van der Waals surface area contributed by atoms with Crippen LogP contribution >= 0.6 is 0 Å². The number of alkyl halides is 4. The Balaban J connectivity index is 1.53. The number of halogens is 4. The van der Waals surface area contributed by atoms with Gasteiger partial charge in [0.2, 0.25) is 5.95 Å². The third-order valence-corrected chi connectivity index (χ3v) is 5.53. The van der Waals surface area contributed by atoms with Crippen molar-refractivity contribution in [3.63, 3.8) is 0 Å². The Morgan fingerprint density at radius 3 is 2.70 bits per heavy atom. The lowest BCUT2D eigenvalue weighted by molar-refractivity contribution is -0.113. The summed E-state index contributed by atoms with van der Waals surface area (Å²) in [4.78, 5) is 16.2. The minimum atomic E-state index is -3.07. The molecule has 0 radical (unpaired) electrons. The lowest BCUT2D eigenvalue weighted by Crippen LogP contribution is -2.71. The second kappa shape index (κ2) is 6.83. The van der Waals surface area contributed by atoms with E-state index in [9.17, 15) is 17.6 Å². The van der Waals surface area contributed by atoms with Crippen molar-refractivity contribution in [3.05, 3.63) is 18.3 Å². The molecular formula is C18H18F4N6O2. The summed E-state index contributed by atoms with van der Waals surface area (Å²) >= 11 is 0. The van der Waals surface area contributed by atoms with Gasteiger partial charge < -0.3 is 25.0 Å². The zero-order chi connectivity index (χ0) is 21.0. The van der Waals surface area contributed by atoms with Gasteiger partial charge in [0.15, 0.2) is 11.6 Å². The first-order valence-corrected chi connectivity index (χ1v) is 9.40. The minimum Gasteiger partial charge on any atom is -0.431 e. The number of fused-ring (bicyclic) bond motifs is 1. The first kappa shape index (κ1) is 19.1. The number of aromatic nitrogens is 3. The number of anilines is 3. The molecule has 0 amide bonds. The van der Waals surface area contributed by atoms with Gasteiger partial charge in [-0.1, -0.05) is 0 Å². The maximum atomic E-state index is 13.7. The van der Waals surface area contributed by atoms with E-state index in [0.29, 0.717) is 30.2 Å². The predicted octanol–water partition coefficient (Wildman–Crippen LogP) is 2.16. The molecule has 0 bridgehead atoms. The van der Waals surface area contributed by atoms with E-state index in [1.54, 1.807) is 6.07 Å². The summed E-state index contributed by atoms with van der Waals surface area (Å²) in [5, 5.41) is 0. The van der Waals surface area contributed by atoms with Crippen LogP contribution in [-0.4, -0.2) is 65.9 Å². The quantitative estimate of drug-likeness (QED) is 0.728. The molecule has 0 saturated carbocycles. The van der Waals surface area contributed by atoms with Gasteiger partial charge in [-0.05, 0) is 6.07 Å². The van der Waals surface area contributed by atoms with Crippen LogP contribution in [-0.2, 0) is 4.74 Å². The van der Waals surface area contributed by atoms with E-state index in [0.717, 1.165) is 0 Å². The third kappa shape index (κ3) is 3.34. The Hall–Kier alpha value is -2.89. The smallest absolute Gasteiger partial charge is 0.387 e. The first-order chi connectivity index (χ1) is 14.3. The molecule has 5 heterocycles. The van der Waals surface area contributed by atoms with Crippen molar-refractivity contribution in [2.75, 3.05) is 41.8 Å². The molecule has 2 aromatic rings. The fourth-order valence-corrected chi connectivity index (χ4v) is 3.79. The van der Waals surface area contributed by atoms with Gasteiger partial charge >= 0.3 is 6.61 Å². The summed E-state index contributed by atoms with van der Waals surface area (Å²) in [6.45, 7) is -2.23. The topological polar surface area (TPSA) is 89.6 Å². The maximum absolute atomic E-state index is 13.7. The van der Waals surface area contributed by atoms with Gasteiger partial charge in [0.1, 0.15) is 5.82 Å². The zero-order valence-corrected chi connectivity index (χ0v) is 15.6. The fourth-order valence-electron chi connectivity index (χ4n) is 3.79. The van der Waals surface area contributed by atoms with E-state index in [2.05, 4.69) is 19.7 Å². The van der Waals surface area contributed by atoms with Crippen LogP contribution in [0.1, 0.15) is 6.42 Å². The third-order valence-electron chi connectivity index (χ3n) is 5.53. The summed E-state index contributed by atoms with van der Waals surface area (Å²) in [5.74, 6) is -2.58. The number of nitrogens with two attached hydrogens (primary N) is 1. The van der Waals surface area contributed by atoms with E-state index in [4.69, 9.17) is 10.5 Å². The molecule has 12 heteroatoms. The minimum absolute atomic E-state index is 0.116. The van der Waals surface area contributed by atoms with Gasteiger partial charge in [-0.3, -0.25) is 0 Å². The van der Waals surface area contributed by atoms with Crippen molar-refractivity contribution in [1.82, 2.24) is 15.0 Å². The molecule has 3 fully saturated rings. The predicted molar refractivity (Wildman–Crippen MR) is 99.0 cm³/mol. The average Bonchev–Trinajstić information content (AvgIpc) is 3.05. The molecule has 0 aliphatic carbocycles. The van der Waals surface area contributed by atoms with Crippen LogP contribution in [0.25, 0.3) is 11.3 Å². The number of rotatable bonds is 5. The van der Waals surface area contributed by atoms with Crippen molar-refractivity contribution in [1.29, 1.82) is 0 Å². The first-order valence-electron chi connectivity index (χ1n) is 9.40. The van der Waals surface area contributed by atoms with Crippen molar-refractivity contribution in [2.45, 2.75) is 31.1 Å². The molecule has 1 unspecified atom stereocenters. The standard InChI is InChI=1S/C18H18F4N6O2/c19-16(20)30-12-3-9(5-24-15(12)23)10-4-14(28-6-13-11(28)7-29-13)26-17(25-10)27-2-1-18(21,22)8-27/h3-5,11,13,16H,1-2,6-8H2,(H2,23,24)/t11-,13?/m1/s1. The van der Waals surface area contributed by atoms with Crippen molar-refractivity contribution < 1.29 is 27.0 Å². The summed E-state index contributed by atoms with van der Waals surface area (Å²) in [7, 11) is 0. The molecule has 3 aliphatic heterocycles. The fraction of sp³-hybridized carbons (Fsp3) is 0.500. The van der Waals surface area contributed by atoms with Crippen LogP contribution < -0.4 is 20.3 Å². The van der Waals surface area contributed by atoms with Crippen LogP contribution in [0.2, 0.25) is 0 Å². The second-order valence-electron chi connectivity index (χ2n) is 7.52. The number of pyridine rings is 1. The Morgan fingerprint density at radius 1 is 1.27 bits per heavy atom. The van der Waals surface area contributed by atoms with E-state index in [-0.39, 0.29) is 42.6 Å². The monoisotopic (exact) mass is 426 g/mol. The van der Waals surface area contributed by atoms with Gasteiger partial charge in [-0.15, -0.1) is 0 Å². The van der Waals surface area contributed by atoms with E-state index in [1.807, 2.05) is 4.90 Å². The summed E-state index contributed by atoms with van der Waals surface area (Å²) in [5.41, 5.74) is 6.32. The maximum Gasteiger partial charge on any atom is 0.387 e. The average molecular weight is 426 g/mol. The molecule has 30 heavy (non-hydrogen) atoms. The van der Waals surface area contributed by atoms with E-state index < -0.39 is 19.1 Å². The van der Waals surface area contributed by atoms with Crippen LogP contribution in [0.5, 0.6) is 5.75 Å². The number of ether oxygens (including phenoxy) is 2. The lowest BCUT2D eigenvalue weighted by atomic mass is 9.95. The summed E-state index contributed by atoms with van der Waals surface area (Å²) in [6.07, 6.45) is 1.23. The Morgan fingerprint density at radius 2 is 2.10 bits per heavy atom. The van der Waals surface area contributed by atoms with Crippen LogP contribution in [0.3, 0.4) is 0 Å². The second-order valence-corrected chi connectivity index (χ2v) is 7.52. The highest BCUT2D eigenvalue weighted by molar-refractivity contribution is 5.68. The highest BCUT2D eigenvalue weighted by Gasteiger charge is 2.48. The molecule has 0 aromatic carbocycles. The Bertz CT molecular complexity index is 978. The van der Waals surface area contributed by atoms with Crippen LogP contribution in [0.4, 0.5) is 35.1 Å². The van der Waals surface area contributed by atoms with E-state index >= 15 is 0 Å². The number of nitrogen functional groups attached to an aromatic ring is 1. The largest absolute Gasteiger partial charge is 0.431 e.